The Bertz CT molecular complexity index is 424. The standard InChI is InChI=1S/C16H24FN3/c1-12(16-7-6-14(17)9-19-16)20(10-13-4-5-13)11-15-3-2-8-18-15/h6-7,9,12-13,15,18H,2-5,8,10-11H2,1H3. The number of nitrogens with zero attached hydrogens (tertiary/aromatic N) is 2. The van der Waals surface area contributed by atoms with Crippen molar-refractivity contribution in [2.45, 2.75) is 44.7 Å². The number of hydrogen-bond acceptors (Lipinski definition) is 3. The van der Waals surface area contributed by atoms with Crippen LogP contribution in [-0.2, 0) is 0 Å². The maximum atomic E-state index is 13.0. The van der Waals surface area contributed by atoms with Crippen molar-refractivity contribution >= 4 is 0 Å². The smallest absolute Gasteiger partial charge is 0.141 e. The summed E-state index contributed by atoms with van der Waals surface area (Å²) in [5.41, 5.74) is 0.977. The first-order valence-corrected chi connectivity index (χ1v) is 7.81. The van der Waals surface area contributed by atoms with Crippen molar-refractivity contribution in [3.05, 3.63) is 29.8 Å². The van der Waals surface area contributed by atoms with Crippen LogP contribution in [0.15, 0.2) is 18.3 Å². The third-order valence-electron chi connectivity index (χ3n) is 4.53. The van der Waals surface area contributed by atoms with Crippen molar-refractivity contribution in [3.63, 3.8) is 0 Å². The molecule has 0 spiro atoms. The fourth-order valence-electron chi connectivity index (χ4n) is 3.04. The normalized spacial score (nSPS) is 24.2. The molecular weight excluding hydrogens is 253 g/mol. The highest BCUT2D eigenvalue weighted by molar-refractivity contribution is 5.09. The van der Waals surface area contributed by atoms with Gasteiger partial charge in [0.1, 0.15) is 5.82 Å². The molecule has 2 fully saturated rings. The topological polar surface area (TPSA) is 28.2 Å². The van der Waals surface area contributed by atoms with E-state index in [2.05, 4.69) is 22.1 Å². The van der Waals surface area contributed by atoms with E-state index in [9.17, 15) is 4.39 Å². The summed E-state index contributed by atoms with van der Waals surface area (Å²) in [7, 11) is 0. The lowest BCUT2D eigenvalue weighted by Crippen LogP contribution is -2.40. The van der Waals surface area contributed by atoms with E-state index in [1.54, 1.807) is 0 Å². The molecule has 1 saturated carbocycles. The molecule has 110 valence electrons. The summed E-state index contributed by atoms with van der Waals surface area (Å²) < 4.78 is 13.0. The van der Waals surface area contributed by atoms with Gasteiger partial charge in [0, 0.05) is 25.2 Å². The summed E-state index contributed by atoms with van der Waals surface area (Å²) in [6, 6.07) is 4.21. The Morgan fingerprint density at radius 2 is 2.20 bits per heavy atom. The third-order valence-corrected chi connectivity index (χ3v) is 4.53. The molecule has 2 aliphatic rings. The predicted molar refractivity (Wildman–Crippen MR) is 77.9 cm³/mol. The molecule has 1 aliphatic heterocycles. The Labute approximate surface area is 120 Å². The van der Waals surface area contributed by atoms with Crippen molar-refractivity contribution in [3.8, 4) is 0 Å². The predicted octanol–water partition coefficient (Wildman–Crippen LogP) is 2.75. The zero-order valence-electron chi connectivity index (χ0n) is 12.2. The molecule has 0 amide bonds. The summed E-state index contributed by atoms with van der Waals surface area (Å²) >= 11 is 0. The van der Waals surface area contributed by atoms with Gasteiger partial charge in [-0.3, -0.25) is 9.88 Å². The van der Waals surface area contributed by atoms with Crippen molar-refractivity contribution in [1.29, 1.82) is 0 Å². The summed E-state index contributed by atoms with van der Waals surface area (Å²) in [6.45, 7) is 5.57. The lowest BCUT2D eigenvalue weighted by Gasteiger charge is -2.31. The van der Waals surface area contributed by atoms with Crippen molar-refractivity contribution < 1.29 is 4.39 Å². The van der Waals surface area contributed by atoms with Crippen LogP contribution in [0.1, 0.15) is 44.3 Å². The summed E-state index contributed by atoms with van der Waals surface area (Å²) in [4.78, 5) is 6.79. The molecule has 1 aromatic heterocycles. The second-order valence-corrected chi connectivity index (χ2v) is 6.27. The number of halogens is 1. The minimum atomic E-state index is -0.257. The van der Waals surface area contributed by atoms with Gasteiger partial charge in [-0.2, -0.15) is 0 Å². The van der Waals surface area contributed by atoms with E-state index in [4.69, 9.17) is 0 Å². The van der Waals surface area contributed by atoms with Gasteiger partial charge in [0.15, 0.2) is 0 Å². The fourth-order valence-corrected chi connectivity index (χ4v) is 3.04. The highest BCUT2D eigenvalue weighted by atomic mass is 19.1. The van der Waals surface area contributed by atoms with Crippen LogP contribution in [0, 0.1) is 11.7 Å². The lowest BCUT2D eigenvalue weighted by atomic mass is 10.1. The van der Waals surface area contributed by atoms with E-state index in [1.807, 2.05) is 6.07 Å². The Morgan fingerprint density at radius 3 is 2.80 bits per heavy atom. The summed E-state index contributed by atoms with van der Waals surface area (Å²) in [6.07, 6.45) is 6.60. The Hall–Kier alpha value is -1.00. The maximum absolute atomic E-state index is 13.0. The first-order valence-electron chi connectivity index (χ1n) is 7.81. The Morgan fingerprint density at radius 1 is 1.35 bits per heavy atom. The summed E-state index contributed by atoms with van der Waals surface area (Å²) in [5.74, 6) is 0.603. The van der Waals surface area contributed by atoms with Crippen molar-refractivity contribution in [1.82, 2.24) is 15.2 Å². The molecular formula is C16H24FN3. The fraction of sp³-hybridized carbons (Fsp3) is 0.688. The highest BCUT2D eigenvalue weighted by Crippen LogP contribution is 2.32. The molecule has 1 aliphatic carbocycles. The van der Waals surface area contributed by atoms with Gasteiger partial charge in [-0.15, -0.1) is 0 Å². The zero-order valence-corrected chi connectivity index (χ0v) is 12.2. The monoisotopic (exact) mass is 277 g/mol. The average molecular weight is 277 g/mol. The van der Waals surface area contributed by atoms with Gasteiger partial charge in [0.05, 0.1) is 11.9 Å². The molecule has 3 nitrogen and oxygen atoms in total. The number of rotatable bonds is 6. The van der Waals surface area contributed by atoms with Crippen LogP contribution < -0.4 is 5.32 Å². The van der Waals surface area contributed by atoms with Crippen LogP contribution in [0.3, 0.4) is 0 Å². The van der Waals surface area contributed by atoms with E-state index >= 15 is 0 Å². The van der Waals surface area contributed by atoms with E-state index in [0.717, 1.165) is 31.2 Å². The second kappa shape index (κ2) is 6.19. The first kappa shape index (κ1) is 14.0. The molecule has 3 rings (SSSR count). The van der Waals surface area contributed by atoms with Crippen LogP contribution in [0.4, 0.5) is 4.39 Å². The lowest BCUT2D eigenvalue weighted by molar-refractivity contribution is 0.181. The zero-order chi connectivity index (χ0) is 13.9. The van der Waals surface area contributed by atoms with Crippen molar-refractivity contribution in [2.24, 2.45) is 5.92 Å². The van der Waals surface area contributed by atoms with Gasteiger partial charge in [0.2, 0.25) is 0 Å². The minimum Gasteiger partial charge on any atom is -0.313 e. The SMILES string of the molecule is CC(c1ccc(F)cn1)N(CC1CC1)CC1CCCN1. The van der Waals surface area contributed by atoms with Crippen LogP contribution in [0.5, 0.6) is 0 Å². The second-order valence-electron chi connectivity index (χ2n) is 6.27. The van der Waals surface area contributed by atoms with Crippen molar-refractivity contribution in [2.75, 3.05) is 19.6 Å². The summed E-state index contributed by atoms with van der Waals surface area (Å²) in [5, 5.41) is 3.57. The van der Waals surface area contributed by atoms with E-state index in [1.165, 1.54) is 37.9 Å². The van der Waals surface area contributed by atoms with E-state index in [0.29, 0.717) is 6.04 Å². The van der Waals surface area contributed by atoms with Crippen LogP contribution in [0.25, 0.3) is 0 Å². The van der Waals surface area contributed by atoms with Gasteiger partial charge >= 0.3 is 0 Å². The highest BCUT2D eigenvalue weighted by Gasteiger charge is 2.29. The quantitative estimate of drug-likeness (QED) is 0.866. The van der Waals surface area contributed by atoms with Gasteiger partial charge in [-0.1, -0.05) is 0 Å². The number of nitrogens with one attached hydrogen (secondary N) is 1. The van der Waals surface area contributed by atoms with E-state index in [-0.39, 0.29) is 11.9 Å². The molecule has 2 heterocycles. The molecule has 0 bridgehead atoms. The van der Waals surface area contributed by atoms with Crippen LogP contribution in [0.2, 0.25) is 0 Å². The van der Waals surface area contributed by atoms with E-state index < -0.39 is 0 Å². The Kier molecular flexibility index (Phi) is 4.32. The van der Waals surface area contributed by atoms with Gasteiger partial charge < -0.3 is 5.32 Å². The molecule has 0 aromatic carbocycles. The molecule has 20 heavy (non-hydrogen) atoms. The first-order chi connectivity index (χ1) is 9.72. The maximum Gasteiger partial charge on any atom is 0.141 e. The molecule has 1 N–H and O–H groups in total. The third kappa shape index (κ3) is 3.55. The largest absolute Gasteiger partial charge is 0.313 e. The van der Waals surface area contributed by atoms with Gasteiger partial charge in [-0.05, 0) is 57.2 Å². The number of hydrogen-bond donors (Lipinski definition) is 1. The van der Waals surface area contributed by atoms with Crippen LogP contribution in [-0.4, -0.2) is 35.6 Å². The number of pyridine rings is 1. The molecule has 2 unspecified atom stereocenters. The molecule has 1 aromatic rings. The van der Waals surface area contributed by atoms with Crippen LogP contribution >= 0.6 is 0 Å². The minimum absolute atomic E-state index is 0.257. The molecule has 0 radical (unpaired) electrons. The number of aromatic nitrogens is 1. The Balaban J connectivity index is 1.67. The van der Waals surface area contributed by atoms with Gasteiger partial charge in [-0.25, -0.2) is 4.39 Å². The molecule has 2 atom stereocenters. The molecule has 4 heteroatoms. The molecule has 1 saturated heterocycles. The average Bonchev–Trinajstić information content (AvgIpc) is 3.12. The van der Waals surface area contributed by atoms with Gasteiger partial charge in [0.25, 0.3) is 0 Å².